The highest BCUT2D eigenvalue weighted by Crippen LogP contribution is 2.21. The van der Waals surface area contributed by atoms with Crippen LogP contribution in [0.25, 0.3) is 10.8 Å². The molecular weight excluding hydrogens is 280 g/mol. The first kappa shape index (κ1) is 13.8. The molecule has 106 valence electrons. The fraction of sp³-hybridized carbons (Fsp3) is 0.118. The van der Waals surface area contributed by atoms with Crippen LogP contribution >= 0.6 is 11.3 Å². The Bertz CT molecular complexity index is 752. The van der Waals surface area contributed by atoms with Crippen molar-refractivity contribution in [1.29, 1.82) is 0 Å². The third-order valence-corrected chi connectivity index (χ3v) is 4.33. The molecule has 0 radical (unpaired) electrons. The fourth-order valence-electron chi connectivity index (χ4n) is 2.39. The third kappa shape index (κ3) is 3.12. The van der Waals surface area contributed by atoms with E-state index in [4.69, 9.17) is 5.73 Å². The van der Waals surface area contributed by atoms with Crippen LogP contribution in [-0.4, -0.2) is 5.91 Å². The lowest BCUT2D eigenvalue weighted by molar-refractivity contribution is -0.120. The molecule has 1 aromatic heterocycles. The maximum atomic E-state index is 11.8. The second-order valence-electron chi connectivity index (χ2n) is 4.90. The Kier molecular flexibility index (Phi) is 3.99. The summed E-state index contributed by atoms with van der Waals surface area (Å²) in [6, 6.07) is 17.6. The van der Waals surface area contributed by atoms with E-state index in [9.17, 15) is 4.79 Å². The lowest BCUT2D eigenvalue weighted by atomic mass is 10.0. The van der Waals surface area contributed by atoms with E-state index in [0.29, 0.717) is 6.54 Å². The molecule has 1 unspecified atom stereocenters. The summed E-state index contributed by atoms with van der Waals surface area (Å²) in [6.45, 7) is 0.637. The molecule has 0 saturated heterocycles. The van der Waals surface area contributed by atoms with Crippen molar-refractivity contribution in [1.82, 2.24) is 5.32 Å². The van der Waals surface area contributed by atoms with E-state index in [1.807, 2.05) is 53.9 Å². The zero-order valence-corrected chi connectivity index (χ0v) is 12.3. The van der Waals surface area contributed by atoms with E-state index < -0.39 is 6.04 Å². The summed E-state index contributed by atoms with van der Waals surface area (Å²) in [5.41, 5.74) is 6.45. The Morgan fingerprint density at radius 1 is 1.10 bits per heavy atom. The van der Waals surface area contributed by atoms with Crippen molar-refractivity contribution in [2.45, 2.75) is 12.6 Å². The average Bonchev–Trinajstić information content (AvgIpc) is 3.00. The first-order valence-electron chi connectivity index (χ1n) is 6.78. The van der Waals surface area contributed by atoms with Gasteiger partial charge in [-0.1, -0.05) is 42.5 Å². The summed E-state index contributed by atoms with van der Waals surface area (Å²) < 4.78 is 0. The molecule has 1 atom stereocenters. The molecule has 2 aromatic carbocycles. The van der Waals surface area contributed by atoms with Crippen molar-refractivity contribution in [3.63, 3.8) is 0 Å². The first-order valence-corrected chi connectivity index (χ1v) is 7.66. The third-order valence-electron chi connectivity index (χ3n) is 3.45. The Balaban J connectivity index is 1.86. The zero-order valence-electron chi connectivity index (χ0n) is 11.5. The molecule has 3 nitrogen and oxygen atoms in total. The molecule has 0 aliphatic heterocycles. The van der Waals surface area contributed by atoms with Gasteiger partial charge >= 0.3 is 0 Å². The molecule has 3 rings (SSSR count). The smallest absolute Gasteiger partial charge is 0.239 e. The summed E-state index contributed by atoms with van der Waals surface area (Å²) in [5, 5.41) is 7.52. The molecule has 0 bridgehead atoms. The normalized spacial score (nSPS) is 12.4. The predicted molar refractivity (Wildman–Crippen MR) is 87.0 cm³/mol. The Hall–Kier alpha value is -2.17. The molecule has 0 aliphatic rings. The molecular formula is C17H16N2OS. The molecule has 1 amide bonds. The molecule has 3 N–H and O–H groups in total. The van der Waals surface area contributed by atoms with E-state index in [2.05, 4.69) is 11.4 Å². The number of fused-ring (bicyclic) bond motifs is 1. The number of nitrogens with one attached hydrogen (secondary N) is 1. The zero-order chi connectivity index (χ0) is 14.7. The Morgan fingerprint density at radius 2 is 1.90 bits per heavy atom. The summed E-state index contributed by atoms with van der Waals surface area (Å²) in [6.07, 6.45) is 0. The highest BCUT2D eigenvalue weighted by atomic mass is 32.1. The summed E-state index contributed by atoms with van der Waals surface area (Å²) in [5.74, 6) is -0.359. The van der Waals surface area contributed by atoms with Crippen molar-refractivity contribution in [3.8, 4) is 0 Å². The molecule has 3 aromatic rings. The highest BCUT2D eigenvalue weighted by Gasteiger charge is 2.17. The highest BCUT2D eigenvalue weighted by molar-refractivity contribution is 7.09. The van der Waals surface area contributed by atoms with Gasteiger partial charge in [-0.3, -0.25) is 10.1 Å². The van der Waals surface area contributed by atoms with Crippen LogP contribution in [0.15, 0.2) is 60.0 Å². The van der Waals surface area contributed by atoms with Gasteiger partial charge in [0.15, 0.2) is 0 Å². The van der Waals surface area contributed by atoms with Crippen LogP contribution in [0, 0.1) is 0 Å². The molecule has 21 heavy (non-hydrogen) atoms. The minimum Gasteiger partial charge on any atom is -0.368 e. The van der Waals surface area contributed by atoms with Gasteiger partial charge in [0.25, 0.3) is 0 Å². The van der Waals surface area contributed by atoms with Gasteiger partial charge < -0.3 is 5.73 Å². The second-order valence-corrected chi connectivity index (χ2v) is 5.93. The number of rotatable bonds is 5. The topological polar surface area (TPSA) is 55.1 Å². The van der Waals surface area contributed by atoms with Crippen LogP contribution in [-0.2, 0) is 11.3 Å². The number of carbonyl (C=O) groups is 1. The number of benzene rings is 2. The van der Waals surface area contributed by atoms with Crippen molar-refractivity contribution < 1.29 is 4.79 Å². The maximum Gasteiger partial charge on any atom is 0.239 e. The number of carbonyl (C=O) groups excluding carboxylic acids is 1. The van der Waals surface area contributed by atoms with Gasteiger partial charge in [-0.25, -0.2) is 0 Å². The molecule has 0 aliphatic carbocycles. The van der Waals surface area contributed by atoms with Crippen LogP contribution in [0.2, 0.25) is 0 Å². The Labute approximate surface area is 127 Å². The summed E-state index contributed by atoms with van der Waals surface area (Å²) in [7, 11) is 0. The predicted octanol–water partition coefficient (Wildman–Crippen LogP) is 3.22. The average molecular weight is 296 g/mol. The largest absolute Gasteiger partial charge is 0.368 e. The monoisotopic (exact) mass is 296 g/mol. The molecule has 0 fully saturated rings. The second kappa shape index (κ2) is 6.08. The van der Waals surface area contributed by atoms with Crippen molar-refractivity contribution in [3.05, 3.63) is 70.4 Å². The van der Waals surface area contributed by atoms with E-state index in [-0.39, 0.29) is 5.91 Å². The molecule has 0 saturated carbocycles. The van der Waals surface area contributed by atoms with Crippen LogP contribution in [0.5, 0.6) is 0 Å². The minimum absolute atomic E-state index is 0.359. The number of nitrogens with two attached hydrogens (primary N) is 1. The van der Waals surface area contributed by atoms with Gasteiger partial charge in [-0.05, 0) is 33.8 Å². The van der Waals surface area contributed by atoms with Gasteiger partial charge in [-0.2, -0.15) is 0 Å². The van der Waals surface area contributed by atoms with E-state index in [1.165, 1.54) is 4.88 Å². The molecule has 4 heteroatoms. The number of thiophene rings is 1. The van der Waals surface area contributed by atoms with Crippen LogP contribution in [0.1, 0.15) is 16.5 Å². The summed E-state index contributed by atoms with van der Waals surface area (Å²) >= 11 is 1.66. The lowest BCUT2D eigenvalue weighted by Crippen LogP contribution is -2.33. The van der Waals surface area contributed by atoms with E-state index >= 15 is 0 Å². The first-order chi connectivity index (χ1) is 10.2. The number of amides is 1. The van der Waals surface area contributed by atoms with Gasteiger partial charge in [0, 0.05) is 11.4 Å². The minimum atomic E-state index is -0.475. The van der Waals surface area contributed by atoms with E-state index in [0.717, 1.165) is 16.3 Å². The van der Waals surface area contributed by atoms with Crippen molar-refractivity contribution in [2.75, 3.05) is 0 Å². The lowest BCUT2D eigenvalue weighted by Gasteiger charge is -2.16. The van der Waals surface area contributed by atoms with Crippen LogP contribution < -0.4 is 11.1 Å². The fourth-order valence-corrected chi connectivity index (χ4v) is 3.04. The van der Waals surface area contributed by atoms with Crippen LogP contribution in [0.4, 0.5) is 0 Å². The van der Waals surface area contributed by atoms with Gasteiger partial charge in [0.2, 0.25) is 5.91 Å². The maximum absolute atomic E-state index is 11.8. The van der Waals surface area contributed by atoms with Crippen molar-refractivity contribution in [2.24, 2.45) is 5.73 Å². The van der Waals surface area contributed by atoms with Gasteiger partial charge in [-0.15, -0.1) is 11.3 Å². The van der Waals surface area contributed by atoms with Gasteiger partial charge in [0.05, 0.1) is 0 Å². The van der Waals surface area contributed by atoms with Gasteiger partial charge in [0.1, 0.15) is 6.04 Å². The van der Waals surface area contributed by atoms with Crippen LogP contribution in [0.3, 0.4) is 0 Å². The standard InChI is InChI=1S/C17H16N2OS/c18-17(20)16(19-11-15-6-3-9-21-15)14-8-7-12-4-1-2-5-13(12)10-14/h1-10,16,19H,11H2,(H2,18,20). The quantitative estimate of drug-likeness (QED) is 0.759. The Morgan fingerprint density at radius 3 is 2.62 bits per heavy atom. The SMILES string of the molecule is NC(=O)C(NCc1cccs1)c1ccc2ccccc2c1. The number of primary amides is 1. The number of hydrogen-bond acceptors (Lipinski definition) is 3. The number of hydrogen-bond donors (Lipinski definition) is 2. The van der Waals surface area contributed by atoms with E-state index in [1.54, 1.807) is 11.3 Å². The molecule has 0 spiro atoms. The van der Waals surface area contributed by atoms with Crippen molar-refractivity contribution >= 4 is 28.0 Å². The molecule has 1 heterocycles. The summed E-state index contributed by atoms with van der Waals surface area (Å²) in [4.78, 5) is 12.9.